The van der Waals surface area contributed by atoms with Gasteiger partial charge >= 0.3 is 0 Å². The molecule has 1 fully saturated rings. The molecule has 2 heterocycles. The van der Waals surface area contributed by atoms with Crippen LogP contribution in [-0.4, -0.2) is 44.3 Å². The molecule has 0 aromatic heterocycles. The Morgan fingerprint density at radius 2 is 2.16 bits per heavy atom. The van der Waals surface area contributed by atoms with Crippen molar-refractivity contribution in [2.24, 2.45) is 5.92 Å². The average Bonchev–Trinajstić information content (AvgIpc) is 2.86. The van der Waals surface area contributed by atoms with Gasteiger partial charge in [0, 0.05) is 32.8 Å². The molecule has 0 spiro atoms. The summed E-state index contributed by atoms with van der Waals surface area (Å²) < 4.78 is 5.27. The van der Waals surface area contributed by atoms with Crippen LogP contribution < -0.4 is 5.32 Å². The van der Waals surface area contributed by atoms with Crippen molar-refractivity contribution >= 4 is 0 Å². The smallest absolute Gasteiger partial charge is 0.0503 e. The highest BCUT2D eigenvalue weighted by atomic mass is 16.5. The molecular formula is C16H24N2O. The molecule has 3 rings (SSSR count). The third-order valence-corrected chi connectivity index (χ3v) is 4.42. The molecule has 19 heavy (non-hydrogen) atoms. The van der Waals surface area contributed by atoms with Crippen LogP contribution in [0.3, 0.4) is 0 Å². The number of rotatable bonds is 4. The number of hydrogen-bond acceptors (Lipinski definition) is 3. The summed E-state index contributed by atoms with van der Waals surface area (Å²) in [6.45, 7) is 5.55. The Labute approximate surface area is 115 Å². The SMILES string of the molecule is COCC1CCN(CC2Cc3ccccc3CN2)C1. The highest BCUT2D eigenvalue weighted by Crippen LogP contribution is 2.20. The quantitative estimate of drug-likeness (QED) is 0.891. The van der Waals surface area contributed by atoms with Gasteiger partial charge in [-0.1, -0.05) is 24.3 Å². The van der Waals surface area contributed by atoms with Crippen molar-refractivity contribution in [3.63, 3.8) is 0 Å². The second kappa shape index (κ2) is 6.04. The summed E-state index contributed by atoms with van der Waals surface area (Å²) in [5.74, 6) is 0.737. The van der Waals surface area contributed by atoms with Crippen LogP contribution in [-0.2, 0) is 17.7 Å². The molecule has 1 aromatic rings. The van der Waals surface area contributed by atoms with Crippen molar-refractivity contribution in [1.82, 2.24) is 10.2 Å². The summed E-state index contributed by atoms with van der Waals surface area (Å²) in [5.41, 5.74) is 3.00. The number of ether oxygens (including phenoxy) is 1. The highest BCUT2D eigenvalue weighted by Gasteiger charge is 2.26. The Morgan fingerprint density at radius 3 is 3.00 bits per heavy atom. The lowest BCUT2D eigenvalue weighted by Crippen LogP contribution is -2.44. The van der Waals surface area contributed by atoms with E-state index in [4.69, 9.17) is 4.74 Å². The zero-order chi connectivity index (χ0) is 13.1. The molecule has 1 saturated heterocycles. The van der Waals surface area contributed by atoms with Crippen LogP contribution in [0.25, 0.3) is 0 Å². The maximum Gasteiger partial charge on any atom is 0.0503 e. The minimum Gasteiger partial charge on any atom is -0.384 e. The van der Waals surface area contributed by atoms with Crippen LogP contribution in [0.2, 0.25) is 0 Å². The van der Waals surface area contributed by atoms with Gasteiger partial charge < -0.3 is 15.0 Å². The van der Waals surface area contributed by atoms with Gasteiger partial charge in [-0.15, -0.1) is 0 Å². The molecule has 2 atom stereocenters. The minimum absolute atomic E-state index is 0.608. The van der Waals surface area contributed by atoms with Crippen LogP contribution >= 0.6 is 0 Å². The number of methoxy groups -OCH3 is 1. The molecule has 0 amide bonds. The Kier molecular flexibility index (Phi) is 4.16. The second-order valence-corrected chi connectivity index (χ2v) is 5.92. The van der Waals surface area contributed by atoms with Gasteiger partial charge in [-0.2, -0.15) is 0 Å². The maximum atomic E-state index is 5.27. The van der Waals surface area contributed by atoms with Crippen LogP contribution in [0.4, 0.5) is 0 Å². The van der Waals surface area contributed by atoms with Gasteiger partial charge in [-0.05, 0) is 36.4 Å². The van der Waals surface area contributed by atoms with E-state index in [2.05, 4.69) is 34.5 Å². The van der Waals surface area contributed by atoms with Gasteiger partial charge in [0.1, 0.15) is 0 Å². The van der Waals surface area contributed by atoms with Crippen molar-refractivity contribution in [2.75, 3.05) is 33.4 Å². The van der Waals surface area contributed by atoms with Gasteiger partial charge in [0.15, 0.2) is 0 Å². The highest BCUT2D eigenvalue weighted by molar-refractivity contribution is 5.29. The zero-order valence-electron chi connectivity index (χ0n) is 11.8. The summed E-state index contributed by atoms with van der Waals surface area (Å²) in [4.78, 5) is 2.59. The third-order valence-electron chi connectivity index (χ3n) is 4.42. The Bertz CT molecular complexity index is 421. The van der Waals surface area contributed by atoms with Crippen molar-refractivity contribution in [3.05, 3.63) is 35.4 Å². The van der Waals surface area contributed by atoms with E-state index in [1.807, 2.05) is 7.11 Å². The summed E-state index contributed by atoms with van der Waals surface area (Å²) in [6.07, 6.45) is 2.46. The largest absolute Gasteiger partial charge is 0.384 e. The van der Waals surface area contributed by atoms with E-state index in [1.165, 1.54) is 43.6 Å². The lowest BCUT2D eigenvalue weighted by molar-refractivity contribution is 0.151. The zero-order valence-corrected chi connectivity index (χ0v) is 11.8. The van der Waals surface area contributed by atoms with Crippen molar-refractivity contribution < 1.29 is 4.74 Å². The van der Waals surface area contributed by atoms with E-state index in [-0.39, 0.29) is 0 Å². The molecule has 104 valence electrons. The van der Waals surface area contributed by atoms with Crippen molar-refractivity contribution in [1.29, 1.82) is 0 Å². The van der Waals surface area contributed by atoms with Crippen LogP contribution in [0.1, 0.15) is 17.5 Å². The van der Waals surface area contributed by atoms with E-state index < -0.39 is 0 Å². The molecule has 0 aliphatic carbocycles. The first-order chi connectivity index (χ1) is 9.35. The first-order valence-electron chi connectivity index (χ1n) is 7.36. The standard InChI is InChI=1S/C16H24N2O/c1-19-12-13-6-7-18(10-13)11-16-8-14-4-2-3-5-15(14)9-17-16/h2-5,13,16-17H,6-12H2,1H3. The predicted molar refractivity (Wildman–Crippen MR) is 77.2 cm³/mol. The fourth-order valence-corrected chi connectivity index (χ4v) is 3.41. The van der Waals surface area contributed by atoms with Crippen LogP contribution in [0.15, 0.2) is 24.3 Å². The molecule has 3 heteroatoms. The van der Waals surface area contributed by atoms with Gasteiger partial charge in [0.25, 0.3) is 0 Å². The van der Waals surface area contributed by atoms with E-state index in [0.29, 0.717) is 6.04 Å². The maximum absolute atomic E-state index is 5.27. The Balaban J connectivity index is 1.53. The first-order valence-corrected chi connectivity index (χ1v) is 7.36. The molecule has 2 aliphatic rings. The van der Waals surface area contributed by atoms with E-state index in [0.717, 1.165) is 19.1 Å². The van der Waals surface area contributed by atoms with Crippen molar-refractivity contribution in [2.45, 2.75) is 25.4 Å². The summed E-state index contributed by atoms with van der Waals surface area (Å²) in [7, 11) is 1.81. The Morgan fingerprint density at radius 1 is 1.32 bits per heavy atom. The molecule has 2 aliphatic heterocycles. The summed E-state index contributed by atoms with van der Waals surface area (Å²) in [6, 6.07) is 9.42. The first kappa shape index (κ1) is 13.1. The molecule has 0 radical (unpaired) electrons. The van der Waals surface area contributed by atoms with Crippen LogP contribution in [0.5, 0.6) is 0 Å². The molecule has 1 N–H and O–H groups in total. The second-order valence-electron chi connectivity index (χ2n) is 5.92. The summed E-state index contributed by atoms with van der Waals surface area (Å²) >= 11 is 0. The van der Waals surface area contributed by atoms with Crippen LogP contribution in [0, 0.1) is 5.92 Å². The summed E-state index contributed by atoms with van der Waals surface area (Å²) in [5, 5.41) is 3.68. The van der Waals surface area contributed by atoms with Gasteiger partial charge in [0.05, 0.1) is 6.61 Å². The molecule has 0 saturated carbocycles. The van der Waals surface area contributed by atoms with Gasteiger partial charge in [-0.25, -0.2) is 0 Å². The van der Waals surface area contributed by atoms with Gasteiger partial charge in [-0.3, -0.25) is 0 Å². The van der Waals surface area contributed by atoms with E-state index >= 15 is 0 Å². The van der Waals surface area contributed by atoms with E-state index in [1.54, 1.807) is 0 Å². The lowest BCUT2D eigenvalue weighted by Gasteiger charge is -2.29. The third kappa shape index (κ3) is 3.16. The fraction of sp³-hybridized carbons (Fsp3) is 0.625. The molecule has 1 aromatic carbocycles. The number of likely N-dealkylation sites (tertiary alicyclic amines) is 1. The van der Waals surface area contributed by atoms with E-state index in [9.17, 15) is 0 Å². The lowest BCUT2D eigenvalue weighted by atomic mass is 9.96. The normalized spacial score (nSPS) is 27.4. The predicted octanol–water partition coefficient (Wildman–Crippen LogP) is 1.67. The topological polar surface area (TPSA) is 24.5 Å². The Hall–Kier alpha value is -0.900. The number of fused-ring (bicyclic) bond motifs is 1. The molecule has 0 bridgehead atoms. The number of nitrogens with zero attached hydrogens (tertiary/aromatic N) is 1. The number of hydrogen-bond donors (Lipinski definition) is 1. The van der Waals surface area contributed by atoms with Gasteiger partial charge in [0.2, 0.25) is 0 Å². The number of benzene rings is 1. The number of nitrogens with one attached hydrogen (secondary N) is 1. The molecule has 3 nitrogen and oxygen atoms in total. The average molecular weight is 260 g/mol. The molecule has 2 unspecified atom stereocenters. The monoisotopic (exact) mass is 260 g/mol. The van der Waals surface area contributed by atoms with Crippen molar-refractivity contribution in [3.8, 4) is 0 Å². The fourth-order valence-electron chi connectivity index (χ4n) is 3.41. The molecular weight excluding hydrogens is 236 g/mol. The minimum atomic E-state index is 0.608.